The van der Waals surface area contributed by atoms with Crippen LogP contribution in [0.3, 0.4) is 0 Å². The maximum Gasteiger partial charge on any atom is 0.417 e. The lowest BCUT2D eigenvalue weighted by Crippen LogP contribution is -2.24. The van der Waals surface area contributed by atoms with Gasteiger partial charge in [-0.25, -0.2) is 0 Å². The lowest BCUT2D eigenvalue weighted by atomic mass is 10.1. The van der Waals surface area contributed by atoms with Gasteiger partial charge in [0.15, 0.2) is 11.5 Å². The third-order valence-corrected chi connectivity index (χ3v) is 4.48. The van der Waals surface area contributed by atoms with E-state index < -0.39 is 11.7 Å². The SMILES string of the molecule is O=C(NCc1nnc2ccc(C(F)(F)F)cn12)c1ccc(C#Cc2ccccc2)cc1. The average Bonchev–Trinajstić information content (AvgIpc) is 3.19. The van der Waals surface area contributed by atoms with Crippen LogP contribution in [0, 0.1) is 11.8 Å². The van der Waals surface area contributed by atoms with Crippen LogP contribution in [0.5, 0.6) is 0 Å². The van der Waals surface area contributed by atoms with Gasteiger partial charge in [0.2, 0.25) is 0 Å². The first kappa shape index (κ1) is 20.2. The molecule has 2 heterocycles. The number of hydrogen-bond donors (Lipinski definition) is 1. The third-order valence-electron chi connectivity index (χ3n) is 4.48. The summed E-state index contributed by atoms with van der Waals surface area (Å²) in [6, 6.07) is 18.4. The highest BCUT2D eigenvalue weighted by Gasteiger charge is 2.31. The molecule has 0 aliphatic rings. The summed E-state index contributed by atoms with van der Waals surface area (Å²) in [5, 5.41) is 10.3. The Morgan fingerprint density at radius 3 is 2.26 bits per heavy atom. The number of nitrogens with one attached hydrogen (secondary N) is 1. The summed E-state index contributed by atoms with van der Waals surface area (Å²) < 4.78 is 40.0. The molecule has 4 rings (SSSR count). The Morgan fingerprint density at radius 1 is 0.903 bits per heavy atom. The van der Waals surface area contributed by atoms with Crippen molar-refractivity contribution >= 4 is 11.6 Å². The zero-order chi connectivity index (χ0) is 21.8. The normalized spacial score (nSPS) is 11.1. The van der Waals surface area contributed by atoms with E-state index in [9.17, 15) is 18.0 Å². The first-order valence-electron chi connectivity index (χ1n) is 9.26. The van der Waals surface area contributed by atoms with E-state index in [1.165, 1.54) is 10.5 Å². The average molecular weight is 420 g/mol. The van der Waals surface area contributed by atoms with Crippen molar-refractivity contribution in [1.29, 1.82) is 0 Å². The number of benzene rings is 2. The Kier molecular flexibility index (Phi) is 5.41. The van der Waals surface area contributed by atoms with Gasteiger partial charge in [0.1, 0.15) is 0 Å². The molecule has 31 heavy (non-hydrogen) atoms. The number of halogens is 3. The summed E-state index contributed by atoms with van der Waals surface area (Å²) in [6.07, 6.45) is -3.57. The summed E-state index contributed by atoms with van der Waals surface area (Å²) >= 11 is 0. The molecule has 0 atom stereocenters. The second kappa shape index (κ2) is 8.32. The number of alkyl halides is 3. The second-order valence-electron chi connectivity index (χ2n) is 6.64. The van der Waals surface area contributed by atoms with Crippen LogP contribution in [0.4, 0.5) is 13.2 Å². The fourth-order valence-corrected chi connectivity index (χ4v) is 2.86. The predicted octanol–water partition coefficient (Wildman–Crippen LogP) is 4.08. The highest BCUT2D eigenvalue weighted by molar-refractivity contribution is 5.94. The van der Waals surface area contributed by atoms with Crippen LogP contribution in [0.25, 0.3) is 5.65 Å². The lowest BCUT2D eigenvalue weighted by Gasteiger charge is -2.08. The summed E-state index contributed by atoms with van der Waals surface area (Å²) in [4.78, 5) is 12.4. The third kappa shape index (κ3) is 4.73. The molecular weight excluding hydrogens is 405 g/mol. The summed E-state index contributed by atoms with van der Waals surface area (Å²) in [6.45, 7) is -0.0725. The van der Waals surface area contributed by atoms with Crippen molar-refractivity contribution in [2.45, 2.75) is 12.7 Å². The first-order chi connectivity index (χ1) is 14.9. The number of hydrogen-bond acceptors (Lipinski definition) is 3. The van der Waals surface area contributed by atoms with Crippen molar-refractivity contribution in [3.8, 4) is 11.8 Å². The fraction of sp³-hybridized carbons (Fsp3) is 0.0870. The van der Waals surface area contributed by atoms with E-state index >= 15 is 0 Å². The molecule has 0 aliphatic carbocycles. The van der Waals surface area contributed by atoms with Gasteiger partial charge in [0.25, 0.3) is 5.91 Å². The maximum atomic E-state index is 12.9. The molecule has 0 bridgehead atoms. The minimum absolute atomic E-state index is 0.0725. The topological polar surface area (TPSA) is 59.3 Å². The second-order valence-corrected chi connectivity index (χ2v) is 6.64. The molecule has 2 aromatic carbocycles. The molecule has 5 nitrogen and oxygen atoms in total. The smallest absolute Gasteiger partial charge is 0.345 e. The zero-order valence-electron chi connectivity index (χ0n) is 16.0. The quantitative estimate of drug-likeness (QED) is 0.508. The molecular formula is C23H15F3N4O. The van der Waals surface area contributed by atoms with Gasteiger partial charge < -0.3 is 5.32 Å². The molecule has 0 saturated heterocycles. The minimum Gasteiger partial charge on any atom is -0.345 e. The Hall–Kier alpha value is -4.12. The molecule has 0 aliphatic heterocycles. The van der Waals surface area contributed by atoms with Crippen molar-refractivity contribution < 1.29 is 18.0 Å². The van der Waals surface area contributed by atoms with E-state index in [1.54, 1.807) is 24.3 Å². The molecule has 1 amide bonds. The van der Waals surface area contributed by atoms with E-state index in [2.05, 4.69) is 27.4 Å². The Balaban J connectivity index is 1.44. The minimum atomic E-state index is -4.48. The fourth-order valence-electron chi connectivity index (χ4n) is 2.86. The van der Waals surface area contributed by atoms with Crippen molar-refractivity contribution in [2.75, 3.05) is 0 Å². The summed E-state index contributed by atoms with van der Waals surface area (Å²) in [5.74, 6) is 5.87. The number of rotatable bonds is 3. The number of aromatic nitrogens is 3. The van der Waals surface area contributed by atoms with E-state index in [4.69, 9.17) is 0 Å². The molecule has 4 aromatic rings. The highest BCUT2D eigenvalue weighted by atomic mass is 19.4. The van der Waals surface area contributed by atoms with Gasteiger partial charge in [0, 0.05) is 22.9 Å². The monoisotopic (exact) mass is 420 g/mol. The molecule has 154 valence electrons. The standard InChI is InChI=1S/C23H15F3N4O/c24-23(25,26)19-12-13-20-28-29-21(30(20)15-19)14-27-22(31)18-10-8-17(9-11-18)7-6-16-4-2-1-3-5-16/h1-5,8-13,15H,14H2,(H,27,31). The van der Waals surface area contributed by atoms with Gasteiger partial charge in [-0.15, -0.1) is 10.2 Å². The van der Waals surface area contributed by atoms with Crippen LogP contribution in [-0.2, 0) is 12.7 Å². The van der Waals surface area contributed by atoms with Crippen LogP contribution < -0.4 is 5.32 Å². The Morgan fingerprint density at radius 2 is 1.58 bits per heavy atom. The van der Waals surface area contributed by atoms with Crippen LogP contribution in [-0.4, -0.2) is 20.5 Å². The van der Waals surface area contributed by atoms with Gasteiger partial charge in [0.05, 0.1) is 12.1 Å². The van der Waals surface area contributed by atoms with Crippen LogP contribution in [0.1, 0.15) is 32.9 Å². The number of amides is 1. The maximum absolute atomic E-state index is 12.9. The van der Waals surface area contributed by atoms with E-state index in [0.717, 1.165) is 23.4 Å². The lowest BCUT2D eigenvalue weighted by molar-refractivity contribution is -0.137. The number of pyridine rings is 1. The van der Waals surface area contributed by atoms with Crippen molar-refractivity contribution in [3.63, 3.8) is 0 Å². The number of carbonyl (C=O) groups is 1. The molecule has 0 spiro atoms. The van der Waals surface area contributed by atoms with Crippen LogP contribution in [0.2, 0.25) is 0 Å². The van der Waals surface area contributed by atoms with E-state index in [0.29, 0.717) is 5.56 Å². The molecule has 0 radical (unpaired) electrons. The molecule has 0 unspecified atom stereocenters. The molecule has 1 N–H and O–H groups in total. The van der Waals surface area contributed by atoms with Crippen molar-refractivity contribution in [3.05, 3.63) is 101 Å². The van der Waals surface area contributed by atoms with Gasteiger partial charge in [-0.05, 0) is 48.5 Å². The van der Waals surface area contributed by atoms with E-state index in [1.807, 2.05) is 30.3 Å². The number of carbonyl (C=O) groups excluding carboxylic acids is 1. The highest BCUT2D eigenvalue weighted by Crippen LogP contribution is 2.29. The van der Waals surface area contributed by atoms with Crippen molar-refractivity contribution in [2.24, 2.45) is 0 Å². The van der Waals surface area contributed by atoms with Crippen LogP contribution in [0.15, 0.2) is 72.9 Å². The zero-order valence-corrected chi connectivity index (χ0v) is 16.0. The Bertz CT molecular complexity index is 1280. The van der Waals surface area contributed by atoms with Crippen molar-refractivity contribution in [1.82, 2.24) is 19.9 Å². The van der Waals surface area contributed by atoms with Gasteiger partial charge in [-0.1, -0.05) is 30.0 Å². The van der Waals surface area contributed by atoms with E-state index in [-0.39, 0.29) is 23.9 Å². The summed E-state index contributed by atoms with van der Waals surface area (Å²) in [5.41, 5.74) is 1.48. The van der Waals surface area contributed by atoms with Gasteiger partial charge in [-0.2, -0.15) is 13.2 Å². The molecule has 2 aromatic heterocycles. The Labute approximate surface area is 175 Å². The molecule has 0 fully saturated rings. The molecule has 0 saturated carbocycles. The number of fused-ring (bicyclic) bond motifs is 1. The molecule has 8 heteroatoms. The summed E-state index contributed by atoms with van der Waals surface area (Å²) in [7, 11) is 0. The largest absolute Gasteiger partial charge is 0.417 e. The van der Waals surface area contributed by atoms with Gasteiger partial charge >= 0.3 is 6.18 Å². The predicted molar refractivity (Wildman–Crippen MR) is 108 cm³/mol. The first-order valence-corrected chi connectivity index (χ1v) is 9.26. The van der Waals surface area contributed by atoms with Gasteiger partial charge in [-0.3, -0.25) is 9.20 Å². The van der Waals surface area contributed by atoms with Crippen LogP contribution >= 0.6 is 0 Å². The number of nitrogens with zero attached hydrogens (tertiary/aromatic N) is 3.